The Morgan fingerprint density at radius 2 is 1.08 bits per heavy atom. The van der Waals surface area contributed by atoms with Gasteiger partial charge < -0.3 is 0 Å². The Bertz CT molecular complexity index is 263. The van der Waals surface area contributed by atoms with E-state index in [1.807, 2.05) is 0 Å². The normalized spacial score (nSPS) is 9.54. The summed E-state index contributed by atoms with van der Waals surface area (Å²) in [7, 11) is 0. The van der Waals surface area contributed by atoms with Crippen molar-refractivity contribution in [2.24, 2.45) is 0 Å². The average Bonchev–Trinajstić information content (AvgIpc) is 2.54. The first-order valence-electron chi connectivity index (χ1n) is 2.59. The van der Waals surface area contributed by atoms with E-state index in [-0.39, 0.29) is 11.3 Å². The fourth-order valence-electron chi connectivity index (χ4n) is 0.597. The zero-order valence-electron chi connectivity index (χ0n) is 5.55. The van der Waals surface area contributed by atoms with Crippen LogP contribution in [0.5, 0.6) is 21.6 Å². The van der Waals surface area contributed by atoms with E-state index in [1.165, 1.54) is 0 Å². The van der Waals surface area contributed by atoms with Crippen LogP contribution in [0.25, 0.3) is 0 Å². The van der Waals surface area contributed by atoms with Crippen molar-refractivity contribution in [3.63, 3.8) is 0 Å². The molecule has 1 aromatic heterocycles. The van der Waals surface area contributed by atoms with Crippen molar-refractivity contribution >= 4 is 11.3 Å². The minimum atomic E-state index is -1.08. The predicted octanol–water partition coefficient (Wildman–Crippen LogP) is 2.80. The van der Waals surface area contributed by atoms with Gasteiger partial charge in [-0.1, -0.05) is 0 Å². The van der Waals surface area contributed by atoms with Gasteiger partial charge in [0.2, 0.25) is 0 Å². The van der Waals surface area contributed by atoms with Crippen LogP contribution in [0.3, 0.4) is 0 Å². The molecule has 1 rings (SSSR count). The van der Waals surface area contributed by atoms with E-state index in [4.69, 9.17) is 0 Å². The molecule has 0 unspecified atom stereocenters. The van der Waals surface area contributed by atoms with E-state index in [2.05, 4.69) is 19.8 Å². The van der Waals surface area contributed by atoms with Crippen LogP contribution >= 0.6 is 11.3 Å². The van der Waals surface area contributed by atoms with Crippen molar-refractivity contribution in [2.45, 2.75) is 0 Å². The SMILES string of the molecule is FOc1sc(OF)c(OF)c1OF. The number of hydrogen-bond donors (Lipinski definition) is 0. The highest BCUT2D eigenvalue weighted by Crippen LogP contribution is 2.53. The summed E-state index contributed by atoms with van der Waals surface area (Å²) in [6, 6.07) is 0. The fraction of sp³-hybridized carbons (Fsp3) is 0. The molecule has 0 saturated heterocycles. The Hall–Kier alpha value is -1.38. The maximum absolute atomic E-state index is 11.6. The van der Waals surface area contributed by atoms with E-state index in [9.17, 15) is 18.1 Å². The van der Waals surface area contributed by atoms with Crippen molar-refractivity contribution in [3.8, 4) is 21.6 Å². The van der Waals surface area contributed by atoms with Gasteiger partial charge in [-0.3, -0.25) is 19.8 Å². The van der Waals surface area contributed by atoms with E-state index >= 15 is 0 Å². The molecule has 0 aliphatic carbocycles. The summed E-state index contributed by atoms with van der Waals surface area (Å²) in [5.74, 6) is -2.16. The van der Waals surface area contributed by atoms with Crippen molar-refractivity contribution in [1.29, 1.82) is 0 Å². The molecule has 0 aliphatic rings. The molecular formula is C4F4O4S. The van der Waals surface area contributed by atoms with Gasteiger partial charge in [-0.05, 0) is 11.3 Å². The van der Waals surface area contributed by atoms with E-state index in [0.29, 0.717) is 0 Å². The fourth-order valence-corrected chi connectivity index (χ4v) is 1.26. The minimum absolute atomic E-state index is 0.111. The van der Waals surface area contributed by atoms with Crippen LogP contribution in [0.2, 0.25) is 0 Å². The molecular weight excluding hydrogens is 220 g/mol. The maximum Gasteiger partial charge on any atom is 0.280 e. The van der Waals surface area contributed by atoms with Crippen LogP contribution in [0.1, 0.15) is 0 Å². The summed E-state index contributed by atoms with van der Waals surface area (Å²) in [5, 5.41) is -1.74. The van der Waals surface area contributed by atoms with Crippen LogP contribution in [0.15, 0.2) is 0 Å². The molecule has 0 fully saturated rings. The lowest BCUT2D eigenvalue weighted by molar-refractivity contribution is -0.0595. The third-order valence-electron chi connectivity index (χ3n) is 1.06. The molecule has 74 valence electrons. The first-order valence-corrected chi connectivity index (χ1v) is 3.41. The Morgan fingerprint density at radius 1 is 0.692 bits per heavy atom. The molecule has 0 bridgehead atoms. The van der Waals surface area contributed by atoms with Crippen molar-refractivity contribution in [1.82, 2.24) is 0 Å². The Labute approximate surface area is 71.8 Å². The van der Waals surface area contributed by atoms with Gasteiger partial charge in [0.1, 0.15) is 0 Å². The molecule has 1 aromatic rings. The highest BCUT2D eigenvalue weighted by Gasteiger charge is 2.28. The molecule has 0 atom stereocenters. The third kappa shape index (κ3) is 1.54. The zero-order chi connectivity index (χ0) is 9.84. The maximum atomic E-state index is 11.6. The van der Waals surface area contributed by atoms with Crippen molar-refractivity contribution < 1.29 is 37.9 Å². The lowest BCUT2D eigenvalue weighted by Crippen LogP contribution is -1.82. The second kappa shape index (κ2) is 4.03. The highest BCUT2D eigenvalue weighted by atomic mass is 32.1. The second-order valence-electron chi connectivity index (χ2n) is 1.64. The van der Waals surface area contributed by atoms with Gasteiger partial charge in [0, 0.05) is 18.1 Å². The largest absolute Gasteiger partial charge is 0.285 e. The number of rotatable bonds is 4. The molecule has 0 aromatic carbocycles. The van der Waals surface area contributed by atoms with E-state index < -0.39 is 21.6 Å². The molecule has 0 N–H and O–H groups in total. The third-order valence-corrected chi connectivity index (χ3v) is 1.92. The Balaban J connectivity index is 3.17. The number of thiophene rings is 1. The molecule has 0 spiro atoms. The topological polar surface area (TPSA) is 36.9 Å². The Morgan fingerprint density at radius 3 is 1.31 bits per heavy atom. The van der Waals surface area contributed by atoms with Crippen LogP contribution in [0.4, 0.5) is 18.1 Å². The lowest BCUT2D eigenvalue weighted by atomic mass is 10.5. The molecule has 0 aliphatic heterocycles. The van der Waals surface area contributed by atoms with Gasteiger partial charge in [0.25, 0.3) is 21.6 Å². The highest BCUT2D eigenvalue weighted by molar-refractivity contribution is 7.16. The lowest BCUT2D eigenvalue weighted by Gasteiger charge is -1.93. The quantitative estimate of drug-likeness (QED) is 0.731. The first-order chi connectivity index (χ1) is 6.28. The summed E-state index contributed by atoms with van der Waals surface area (Å²) in [5.41, 5.74) is 0. The van der Waals surface area contributed by atoms with E-state index in [0.717, 1.165) is 0 Å². The monoisotopic (exact) mass is 220 g/mol. The van der Waals surface area contributed by atoms with Crippen LogP contribution < -0.4 is 19.8 Å². The van der Waals surface area contributed by atoms with Gasteiger partial charge in [0.15, 0.2) is 0 Å². The van der Waals surface area contributed by atoms with Gasteiger partial charge in [0.05, 0.1) is 0 Å². The summed E-state index contributed by atoms with van der Waals surface area (Å²) in [6.07, 6.45) is 0. The molecule has 1 heterocycles. The number of halogens is 4. The molecule has 4 nitrogen and oxygen atoms in total. The standard InChI is InChI=1S/C4F4O4S/c5-9-1-2(10-6)4(12-8)13-3(1)11-7. The summed E-state index contributed by atoms with van der Waals surface area (Å²) >= 11 is 0.111. The molecule has 13 heavy (non-hydrogen) atoms. The number of hydrogen-bond acceptors (Lipinski definition) is 5. The van der Waals surface area contributed by atoms with Crippen LogP contribution in [0, 0.1) is 0 Å². The molecule has 9 heteroatoms. The Kier molecular flexibility index (Phi) is 3.01. The minimum Gasteiger partial charge on any atom is -0.285 e. The first kappa shape index (κ1) is 9.71. The van der Waals surface area contributed by atoms with Gasteiger partial charge in [-0.2, -0.15) is 0 Å². The zero-order valence-corrected chi connectivity index (χ0v) is 6.37. The summed E-state index contributed by atoms with van der Waals surface area (Å²) in [6.45, 7) is 0. The van der Waals surface area contributed by atoms with Gasteiger partial charge in [-0.15, -0.1) is 0 Å². The smallest absolute Gasteiger partial charge is 0.280 e. The molecule has 0 saturated carbocycles. The van der Waals surface area contributed by atoms with Crippen molar-refractivity contribution in [2.75, 3.05) is 0 Å². The molecule has 0 amide bonds. The summed E-state index contributed by atoms with van der Waals surface area (Å²) in [4.78, 5) is 12.0. The van der Waals surface area contributed by atoms with Crippen LogP contribution in [-0.4, -0.2) is 0 Å². The van der Waals surface area contributed by atoms with E-state index in [1.54, 1.807) is 0 Å². The van der Waals surface area contributed by atoms with Crippen molar-refractivity contribution in [3.05, 3.63) is 0 Å². The molecule has 0 radical (unpaired) electrons. The van der Waals surface area contributed by atoms with Gasteiger partial charge >= 0.3 is 0 Å². The van der Waals surface area contributed by atoms with Crippen LogP contribution in [-0.2, 0) is 0 Å². The predicted molar refractivity (Wildman–Crippen MR) is 31.3 cm³/mol. The van der Waals surface area contributed by atoms with Gasteiger partial charge in [-0.25, -0.2) is 0 Å². The summed E-state index contributed by atoms with van der Waals surface area (Å²) < 4.78 is 46.3. The average molecular weight is 220 g/mol. The second-order valence-corrected chi connectivity index (χ2v) is 2.59.